The third-order valence-electron chi connectivity index (χ3n) is 3.40. The van der Waals surface area contributed by atoms with Gasteiger partial charge in [0.25, 0.3) is 0 Å². The maximum absolute atomic E-state index is 12.4. The summed E-state index contributed by atoms with van der Waals surface area (Å²) in [7, 11) is 0. The molecule has 0 radical (unpaired) electrons. The SMILES string of the molecule is Cc1nc(C(NC(=O)Nc2ccccc2I)c2ccccc2)n[nH]1. The Labute approximate surface area is 153 Å². The Hall–Kier alpha value is -2.42. The van der Waals surface area contributed by atoms with Crippen molar-refractivity contribution in [2.75, 3.05) is 5.32 Å². The number of carbonyl (C=O) groups is 1. The van der Waals surface area contributed by atoms with Crippen LogP contribution in [0.1, 0.15) is 23.3 Å². The van der Waals surface area contributed by atoms with Gasteiger partial charge >= 0.3 is 6.03 Å². The third kappa shape index (κ3) is 3.91. The van der Waals surface area contributed by atoms with Crippen LogP contribution in [0.15, 0.2) is 54.6 Å². The Kier molecular flexibility index (Phi) is 5.09. The zero-order valence-corrected chi connectivity index (χ0v) is 15.1. The molecule has 0 aliphatic carbocycles. The average Bonchev–Trinajstić information content (AvgIpc) is 3.02. The lowest BCUT2D eigenvalue weighted by atomic mass is 10.1. The molecule has 0 aliphatic heterocycles. The molecule has 0 aliphatic rings. The fraction of sp³-hybridized carbons (Fsp3) is 0.118. The van der Waals surface area contributed by atoms with Crippen LogP contribution in [0.25, 0.3) is 0 Å². The standard InChI is InChI=1S/C17H16IN5O/c1-11-19-16(23-22-11)15(12-7-3-2-4-8-12)21-17(24)20-14-10-6-5-9-13(14)18/h2-10,15H,1H3,(H,19,22,23)(H2,20,21,24). The van der Waals surface area contributed by atoms with Crippen LogP contribution in [0.3, 0.4) is 0 Å². The highest BCUT2D eigenvalue weighted by Gasteiger charge is 2.21. The highest BCUT2D eigenvalue weighted by Crippen LogP contribution is 2.20. The van der Waals surface area contributed by atoms with Crippen molar-refractivity contribution in [1.82, 2.24) is 20.5 Å². The van der Waals surface area contributed by atoms with Gasteiger partial charge in [-0.1, -0.05) is 42.5 Å². The molecule has 24 heavy (non-hydrogen) atoms. The van der Waals surface area contributed by atoms with Crippen molar-refractivity contribution in [3.05, 3.63) is 75.4 Å². The van der Waals surface area contributed by atoms with E-state index < -0.39 is 6.04 Å². The Morgan fingerprint density at radius 3 is 2.50 bits per heavy atom. The van der Waals surface area contributed by atoms with Gasteiger partial charge in [0.05, 0.1) is 5.69 Å². The molecule has 0 saturated carbocycles. The molecule has 0 fully saturated rings. The maximum atomic E-state index is 12.4. The van der Waals surface area contributed by atoms with E-state index in [4.69, 9.17) is 0 Å². The number of nitrogens with one attached hydrogen (secondary N) is 3. The number of nitrogens with zero attached hydrogens (tertiary/aromatic N) is 2. The van der Waals surface area contributed by atoms with Crippen LogP contribution in [-0.2, 0) is 0 Å². The normalized spacial score (nSPS) is 11.8. The molecular formula is C17H16IN5O. The molecule has 3 N–H and O–H groups in total. The van der Waals surface area contributed by atoms with Crippen LogP contribution in [0.2, 0.25) is 0 Å². The number of amides is 2. The second-order valence-electron chi connectivity index (χ2n) is 5.20. The topological polar surface area (TPSA) is 82.7 Å². The summed E-state index contributed by atoms with van der Waals surface area (Å²) in [6.07, 6.45) is 0. The summed E-state index contributed by atoms with van der Waals surface area (Å²) in [5.74, 6) is 1.22. The second-order valence-corrected chi connectivity index (χ2v) is 6.36. The molecular weight excluding hydrogens is 417 g/mol. The van der Waals surface area contributed by atoms with Crippen LogP contribution in [0.4, 0.5) is 10.5 Å². The number of aryl methyl sites for hydroxylation is 1. The minimum atomic E-state index is -0.433. The molecule has 1 unspecified atom stereocenters. The molecule has 1 atom stereocenters. The van der Waals surface area contributed by atoms with Crippen molar-refractivity contribution in [2.45, 2.75) is 13.0 Å². The molecule has 122 valence electrons. The number of anilines is 1. The summed E-state index contributed by atoms with van der Waals surface area (Å²) in [5.41, 5.74) is 1.67. The Balaban J connectivity index is 1.82. The number of hydrogen-bond acceptors (Lipinski definition) is 3. The van der Waals surface area contributed by atoms with Crippen molar-refractivity contribution >= 4 is 34.3 Å². The molecule has 2 aromatic carbocycles. The minimum Gasteiger partial charge on any atom is -0.324 e. The lowest BCUT2D eigenvalue weighted by Crippen LogP contribution is -2.34. The maximum Gasteiger partial charge on any atom is 0.320 e. The zero-order valence-electron chi connectivity index (χ0n) is 13.0. The Morgan fingerprint density at radius 2 is 1.83 bits per heavy atom. The number of carbonyl (C=O) groups excluding carboxylic acids is 1. The summed E-state index contributed by atoms with van der Waals surface area (Å²) < 4.78 is 0.968. The lowest BCUT2D eigenvalue weighted by Gasteiger charge is -2.17. The minimum absolute atomic E-state index is 0.310. The molecule has 1 aromatic heterocycles. The second kappa shape index (κ2) is 7.43. The molecule has 6 nitrogen and oxygen atoms in total. The van der Waals surface area contributed by atoms with E-state index in [1.807, 2.05) is 61.5 Å². The summed E-state index contributed by atoms with van der Waals surface area (Å²) >= 11 is 2.18. The van der Waals surface area contributed by atoms with Gasteiger partial charge in [-0.25, -0.2) is 9.78 Å². The van der Waals surface area contributed by atoms with E-state index in [0.717, 1.165) is 14.8 Å². The quantitative estimate of drug-likeness (QED) is 0.550. The van der Waals surface area contributed by atoms with Gasteiger partial charge in [0.2, 0.25) is 0 Å². The van der Waals surface area contributed by atoms with Gasteiger partial charge in [0.1, 0.15) is 11.9 Å². The van der Waals surface area contributed by atoms with Gasteiger partial charge < -0.3 is 10.6 Å². The number of rotatable bonds is 4. The fourth-order valence-corrected chi connectivity index (χ4v) is 2.81. The van der Waals surface area contributed by atoms with E-state index in [1.165, 1.54) is 0 Å². The monoisotopic (exact) mass is 433 g/mol. The van der Waals surface area contributed by atoms with Crippen molar-refractivity contribution in [1.29, 1.82) is 0 Å². The van der Waals surface area contributed by atoms with Gasteiger partial charge in [-0.3, -0.25) is 5.10 Å². The third-order valence-corrected chi connectivity index (χ3v) is 4.34. The van der Waals surface area contributed by atoms with Crippen LogP contribution in [-0.4, -0.2) is 21.2 Å². The van der Waals surface area contributed by atoms with E-state index in [2.05, 4.69) is 48.4 Å². The Morgan fingerprint density at radius 1 is 1.12 bits per heavy atom. The molecule has 7 heteroatoms. The van der Waals surface area contributed by atoms with E-state index in [9.17, 15) is 4.79 Å². The van der Waals surface area contributed by atoms with Crippen molar-refractivity contribution in [2.24, 2.45) is 0 Å². The average molecular weight is 433 g/mol. The molecule has 0 saturated heterocycles. The van der Waals surface area contributed by atoms with E-state index in [0.29, 0.717) is 11.6 Å². The highest BCUT2D eigenvalue weighted by atomic mass is 127. The summed E-state index contributed by atoms with van der Waals surface area (Å²) in [5, 5.41) is 12.8. The predicted octanol–water partition coefficient (Wildman–Crippen LogP) is 3.63. The zero-order chi connectivity index (χ0) is 16.9. The summed E-state index contributed by atoms with van der Waals surface area (Å²) in [6, 6.07) is 16.5. The highest BCUT2D eigenvalue weighted by molar-refractivity contribution is 14.1. The first-order chi connectivity index (χ1) is 11.6. The van der Waals surface area contributed by atoms with Gasteiger partial charge in [-0.2, -0.15) is 5.10 Å². The predicted molar refractivity (Wildman–Crippen MR) is 101 cm³/mol. The summed E-state index contributed by atoms with van der Waals surface area (Å²) in [6.45, 7) is 1.82. The number of aromatic amines is 1. The van der Waals surface area contributed by atoms with Crippen molar-refractivity contribution < 1.29 is 4.79 Å². The number of aromatic nitrogens is 3. The van der Waals surface area contributed by atoms with Crippen molar-refractivity contribution in [3.63, 3.8) is 0 Å². The van der Waals surface area contributed by atoms with E-state index in [-0.39, 0.29) is 6.03 Å². The number of halogens is 1. The van der Waals surface area contributed by atoms with Crippen molar-refractivity contribution in [3.8, 4) is 0 Å². The number of urea groups is 1. The van der Waals surface area contributed by atoms with Crippen LogP contribution in [0, 0.1) is 10.5 Å². The molecule has 0 bridgehead atoms. The Bertz CT molecular complexity index is 834. The van der Waals surface area contributed by atoms with Crippen LogP contribution in [0.5, 0.6) is 0 Å². The van der Waals surface area contributed by atoms with Gasteiger partial charge in [-0.05, 0) is 47.2 Å². The lowest BCUT2D eigenvalue weighted by molar-refractivity contribution is 0.249. The van der Waals surface area contributed by atoms with Gasteiger partial charge in [0, 0.05) is 3.57 Å². The smallest absolute Gasteiger partial charge is 0.320 e. The molecule has 2 amide bonds. The molecule has 0 spiro atoms. The number of H-pyrrole nitrogens is 1. The van der Waals surface area contributed by atoms with Gasteiger partial charge in [0.15, 0.2) is 5.82 Å². The van der Waals surface area contributed by atoms with E-state index >= 15 is 0 Å². The first-order valence-corrected chi connectivity index (χ1v) is 8.47. The van der Waals surface area contributed by atoms with E-state index in [1.54, 1.807) is 0 Å². The first-order valence-electron chi connectivity index (χ1n) is 7.39. The fourth-order valence-electron chi connectivity index (χ4n) is 2.28. The molecule has 1 heterocycles. The van der Waals surface area contributed by atoms with Crippen LogP contribution >= 0.6 is 22.6 Å². The first kappa shape index (κ1) is 16.4. The van der Waals surface area contributed by atoms with Crippen LogP contribution < -0.4 is 10.6 Å². The number of benzene rings is 2. The van der Waals surface area contributed by atoms with Gasteiger partial charge in [-0.15, -0.1) is 0 Å². The largest absolute Gasteiger partial charge is 0.324 e. The molecule has 3 aromatic rings. The molecule has 3 rings (SSSR count). The number of para-hydroxylation sites is 1. The summed E-state index contributed by atoms with van der Waals surface area (Å²) in [4.78, 5) is 16.8. The number of hydrogen-bond donors (Lipinski definition) is 3.